The average Bonchev–Trinajstić information content (AvgIpc) is 3.33. The molecule has 1 unspecified atom stereocenters. The van der Waals surface area contributed by atoms with Gasteiger partial charge in [-0.25, -0.2) is 0 Å². The summed E-state index contributed by atoms with van der Waals surface area (Å²) < 4.78 is 47.1. The average molecular weight is 379 g/mol. The Bertz CT molecular complexity index is 834. The van der Waals surface area contributed by atoms with E-state index in [-0.39, 0.29) is 24.2 Å². The van der Waals surface area contributed by atoms with Crippen molar-refractivity contribution in [2.24, 2.45) is 5.92 Å². The topological polar surface area (TPSA) is 68.5 Å². The van der Waals surface area contributed by atoms with E-state index in [2.05, 4.69) is 20.6 Å². The molecule has 0 radical (unpaired) electrons. The molecule has 0 aliphatic carbocycles. The van der Waals surface area contributed by atoms with Crippen LogP contribution in [0.3, 0.4) is 0 Å². The van der Waals surface area contributed by atoms with Crippen molar-refractivity contribution in [3.63, 3.8) is 0 Å². The summed E-state index contributed by atoms with van der Waals surface area (Å²) in [5, 5.41) is 3.34. The van der Waals surface area contributed by atoms with Crippen LogP contribution in [0.2, 0.25) is 0 Å². The van der Waals surface area contributed by atoms with Crippen LogP contribution >= 0.6 is 0 Å². The molecule has 1 amide bonds. The van der Waals surface area contributed by atoms with Crippen LogP contribution in [0.1, 0.15) is 17.9 Å². The first-order chi connectivity index (χ1) is 12.9. The van der Waals surface area contributed by atoms with Gasteiger partial charge in [0.1, 0.15) is 0 Å². The van der Waals surface area contributed by atoms with Crippen LogP contribution in [0.4, 0.5) is 13.2 Å². The summed E-state index contributed by atoms with van der Waals surface area (Å²) in [7, 11) is 0. The lowest BCUT2D eigenvalue weighted by Crippen LogP contribution is -2.36. The number of terminal acetylenes is 1. The Balaban J connectivity index is 1.71. The Hall–Kier alpha value is -2.86. The number of alkyl halides is 3. The smallest absolute Gasteiger partial charge is 0.381 e. The molecule has 1 aliphatic heterocycles. The van der Waals surface area contributed by atoms with Crippen molar-refractivity contribution in [3.8, 4) is 23.7 Å². The number of rotatable bonds is 5. The SMILES string of the molecule is C#CCN(Cc1ccc(-c2noc(C(F)(F)F)n2)cc1)C(=O)C1CCOC1. The van der Waals surface area contributed by atoms with E-state index < -0.39 is 12.1 Å². The predicted octanol–water partition coefficient (Wildman–Crippen LogP) is 2.75. The van der Waals surface area contributed by atoms with Crippen LogP contribution in [0.5, 0.6) is 0 Å². The van der Waals surface area contributed by atoms with Crippen LogP contribution in [-0.2, 0) is 22.3 Å². The fourth-order valence-corrected chi connectivity index (χ4v) is 2.74. The highest BCUT2D eigenvalue weighted by atomic mass is 19.4. The van der Waals surface area contributed by atoms with E-state index in [0.717, 1.165) is 5.56 Å². The molecule has 1 atom stereocenters. The quantitative estimate of drug-likeness (QED) is 0.748. The lowest BCUT2D eigenvalue weighted by Gasteiger charge is -2.23. The van der Waals surface area contributed by atoms with Gasteiger partial charge >= 0.3 is 12.1 Å². The Morgan fingerprint density at radius 3 is 2.63 bits per heavy atom. The van der Waals surface area contributed by atoms with E-state index in [1.807, 2.05) is 0 Å². The molecule has 9 heteroatoms. The van der Waals surface area contributed by atoms with Crippen LogP contribution in [0.15, 0.2) is 28.8 Å². The number of carbonyl (C=O) groups is 1. The molecule has 0 bridgehead atoms. The number of aromatic nitrogens is 2. The first-order valence-corrected chi connectivity index (χ1v) is 8.18. The van der Waals surface area contributed by atoms with Gasteiger partial charge in [-0.3, -0.25) is 4.79 Å². The van der Waals surface area contributed by atoms with Crippen LogP contribution in [-0.4, -0.2) is 40.7 Å². The maximum absolute atomic E-state index is 12.5. The fraction of sp³-hybridized carbons (Fsp3) is 0.389. The second-order valence-electron chi connectivity index (χ2n) is 6.08. The Kier molecular flexibility index (Phi) is 5.46. The largest absolute Gasteiger partial charge is 0.471 e. The number of amides is 1. The van der Waals surface area contributed by atoms with Gasteiger partial charge in [-0.05, 0) is 12.0 Å². The van der Waals surface area contributed by atoms with E-state index in [4.69, 9.17) is 11.2 Å². The molecule has 142 valence electrons. The van der Waals surface area contributed by atoms with Crippen LogP contribution in [0, 0.1) is 18.3 Å². The summed E-state index contributed by atoms with van der Waals surface area (Å²) in [6.45, 7) is 1.40. The van der Waals surface area contributed by atoms with Crippen molar-refractivity contribution in [3.05, 3.63) is 35.7 Å². The second-order valence-corrected chi connectivity index (χ2v) is 6.08. The maximum atomic E-state index is 12.5. The predicted molar refractivity (Wildman–Crippen MR) is 87.9 cm³/mol. The van der Waals surface area contributed by atoms with Gasteiger partial charge in [0.15, 0.2) is 0 Å². The minimum absolute atomic E-state index is 0.0671. The second kappa shape index (κ2) is 7.80. The highest BCUT2D eigenvalue weighted by Gasteiger charge is 2.38. The number of hydrogen-bond acceptors (Lipinski definition) is 5. The normalized spacial score (nSPS) is 16.9. The number of hydrogen-bond donors (Lipinski definition) is 0. The molecule has 3 rings (SSSR count). The zero-order chi connectivity index (χ0) is 19.4. The molecule has 0 spiro atoms. The van der Waals surface area contributed by atoms with Gasteiger partial charge in [0.2, 0.25) is 11.7 Å². The van der Waals surface area contributed by atoms with Gasteiger partial charge in [0.25, 0.3) is 0 Å². The maximum Gasteiger partial charge on any atom is 0.471 e. The molecule has 6 nitrogen and oxygen atoms in total. The number of nitrogens with zero attached hydrogens (tertiary/aromatic N) is 3. The first kappa shape index (κ1) is 18.9. The summed E-state index contributed by atoms with van der Waals surface area (Å²) in [6, 6.07) is 6.50. The van der Waals surface area contributed by atoms with Crippen molar-refractivity contribution < 1.29 is 27.2 Å². The fourth-order valence-electron chi connectivity index (χ4n) is 2.74. The molecule has 27 heavy (non-hydrogen) atoms. The summed E-state index contributed by atoms with van der Waals surface area (Å²) in [6.07, 6.45) is 1.34. The van der Waals surface area contributed by atoms with Gasteiger partial charge in [0, 0.05) is 18.7 Å². The highest BCUT2D eigenvalue weighted by Crippen LogP contribution is 2.29. The molecule has 2 aromatic rings. The summed E-state index contributed by atoms with van der Waals surface area (Å²) in [4.78, 5) is 17.4. The van der Waals surface area contributed by atoms with Gasteiger partial charge in [-0.2, -0.15) is 18.2 Å². The molecule has 1 saturated heterocycles. The Morgan fingerprint density at radius 2 is 2.07 bits per heavy atom. The standard InChI is InChI=1S/C18H16F3N3O3/c1-2-8-24(16(25)14-7-9-26-11-14)10-12-3-5-13(6-4-12)15-22-17(27-23-15)18(19,20)21/h1,3-6,14H,7-11H2. The van der Waals surface area contributed by atoms with Crippen molar-refractivity contribution >= 4 is 5.91 Å². The van der Waals surface area contributed by atoms with Gasteiger partial charge in [-0.1, -0.05) is 35.3 Å². The van der Waals surface area contributed by atoms with Gasteiger partial charge < -0.3 is 14.2 Å². The van der Waals surface area contributed by atoms with E-state index in [1.165, 1.54) is 0 Å². The van der Waals surface area contributed by atoms with Crippen molar-refractivity contribution in [1.82, 2.24) is 15.0 Å². The Labute approximate surface area is 153 Å². The lowest BCUT2D eigenvalue weighted by molar-refractivity contribution is -0.159. The van der Waals surface area contributed by atoms with E-state index >= 15 is 0 Å². The number of halogens is 3. The van der Waals surface area contributed by atoms with Gasteiger partial charge in [-0.15, -0.1) is 6.42 Å². The van der Waals surface area contributed by atoms with Crippen LogP contribution < -0.4 is 0 Å². The van der Waals surface area contributed by atoms with E-state index in [9.17, 15) is 18.0 Å². The molecule has 0 N–H and O–H groups in total. The minimum Gasteiger partial charge on any atom is -0.381 e. The summed E-state index contributed by atoms with van der Waals surface area (Å²) >= 11 is 0. The van der Waals surface area contributed by atoms with Crippen molar-refractivity contribution in [2.75, 3.05) is 19.8 Å². The Morgan fingerprint density at radius 1 is 1.33 bits per heavy atom. The third-order valence-corrected chi connectivity index (χ3v) is 4.13. The molecular formula is C18H16F3N3O3. The first-order valence-electron chi connectivity index (χ1n) is 8.18. The molecule has 1 fully saturated rings. The van der Waals surface area contributed by atoms with E-state index in [1.54, 1.807) is 29.2 Å². The molecule has 1 aromatic carbocycles. The van der Waals surface area contributed by atoms with Crippen LogP contribution in [0.25, 0.3) is 11.4 Å². The zero-order valence-electron chi connectivity index (χ0n) is 14.2. The summed E-state index contributed by atoms with van der Waals surface area (Å²) in [5.74, 6) is 0.652. The third-order valence-electron chi connectivity index (χ3n) is 4.13. The van der Waals surface area contributed by atoms with Gasteiger partial charge in [0.05, 0.1) is 19.1 Å². The zero-order valence-corrected chi connectivity index (χ0v) is 14.2. The number of ether oxygens (including phenoxy) is 1. The molecule has 2 heterocycles. The molecule has 0 saturated carbocycles. The third kappa shape index (κ3) is 4.46. The molecule has 1 aromatic heterocycles. The van der Waals surface area contributed by atoms with E-state index in [0.29, 0.717) is 31.7 Å². The highest BCUT2D eigenvalue weighted by molar-refractivity contribution is 5.79. The molecule has 1 aliphatic rings. The number of carbonyl (C=O) groups excluding carboxylic acids is 1. The minimum atomic E-state index is -4.69. The summed E-state index contributed by atoms with van der Waals surface area (Å²) in [5.41, 5.74) is 1.15. The lowest BCUT2D eigenvalue weighted by atomic mass is 10.1. The monoisotopic (exact) mass is 379 g/mol. The van der Waals surface area contributed by atoms with Crippen molar-refractivity contribution in [1.29, 1.82) is 0 Å². The number of benzene rings is 1. The van der Waals surface area contributed by atoms with Crippen molar-refractivity contribution in [2.45, 2.75) is 19.1 Å². The molecular weight excluding hydrogens is 363 g/mol.